The average Bonchev–Trinajstić information content (AvgIpc) is 3.15. The monoisotopic (exact) mass is 408 g/mol. The van der Waals surface area contributed by atoms with Crippen molar-refractivity contribution in [2.24, 2.45) is 10.1 Å². The molecule has 7 nitrogen and oxygen atoms in total. The number of aromatic nitrogens is 1. The molecule has 1 aliphatic heterocycles. The van der Waals surface area contributed by atoms with Crippen LogP contribution in [0.2, 0.25) is 0 Å². The lowest BCUT2D eigenvalue weighted by molar-refractivity contribution is -0.114. The molecule has 4 rings (SSSR count). The Kier molecular flexibility index (Phi) is 5.44. The zero-order chi connectivity index (χ0) is 20.2. The number of fused-ring (bicyclic) bond motifs is 1. The molecule has 1 N–H and O–H groups in total. The number of nitrogens with one attached hydrogen (secondary N) is 1. The highest BCUT2D eigenvalue weighted by Crippen LogP contribution is 2.34. The number of hydrogen-bond acceptors (Lipinski definition) is 6. The van der Waals surface area contributed by atoms with Gasteiger partial charge < -0.3 is 14.8 Å². The molecule has 0 aliphatic carbocycles. The average molecular weight is 408 g/mol. The maximum Gasteiger partial charge on any atom is 0.221 e. The number of rotatable bonds is 4. The summed E-state index contributed by atoms with van der Waals surface area (Å²) in [6.45, 7) is 2.59. The highest BCUT2D eigenvalue weighted by molar-refractivity contribution is 7.07. The summed E-state index contributed by atoms with van der Waals surface area (Å²) in [5.74, 6) is 1.39. The Morgan fingerprint density at radius 1 is 1.14 bits per heavy atom. The molecular formula is C21H20N4O3S. The van der Waals surface area contributed by atoms with Crippen LogP contribution in [0.5, 0.6) is 11.5 Å². The molecule has 148 valence electrons. The van der Waals surface area contributed by atoms with Crippen molar-refractivity contribution in [3.05, 3.63) is 58.2 Å². The van der Waals surface area contributed by atoms with Crippen LogP contribution in [0, 0.1) is 0 Å². The van der Waals surface area contributed by atoms with Crippen LogP contribution in [0.1, 0.15) is 12.5 Å². The summed E-state index contributed by atoms with van der Waals surface area (Å²) in [6, 6.07) is 13.3. The Morgan fingerprint density at radius 3 is 2.62 bits per heavy atom. The molecule has 0 radical (unpaired) electrons. The number of ether oxygens (including phenoxy) is 2. The van der Waals surface area contributed by atoms with E-state index in [4.69, 9.17) is 9.47 Å². The van der Waals surface area contributed by atoms with Crippen molar-refractivity contribution in [3.63, 3.8) is 0 Å². The van der Waals surface area contributed by atoms with Crippen molar-refractivity contribution in [1.82, 2.24) is 4.68 Å². The van der Waals surface area contributed by atoms with E-state index in [1.54, 1.807) is 17.9 Å². The molecule has 1 aliphatic rings. The van der Waals surface area contributed by atoms with Gasteiger partial charge in [0.1, 0.15) is 13.2 Å². The number of nitrogens with zero attached hydrogens (tertiary/aromatic N) is 3. The number of hydrogen-bond donors (Lipinski definition) is 1. The van der Waals surface area contributed by atoms with Gasteiger partial charge in [0, 0.05) is 30.6 Å². The van der Waals surface area contributed by atoms with Crippen molar-refractivity contribution < 1.29 is 14.3 Å². The summed E-state index contributed by atoms with van der Waals surface area (Å²) in [6.07, 6.45) is 1.76. The molecule has 0 unspecified atom stereocenters. The zero-order valence-electron chi connectivity index (χ0n) is 16.1. The van der Waals surface area contributed by atoms with Gasteiger partial charge >= 0.3 is 0 Å². The molecule has 29 heavy (non-hydrogen) atoms. The Bertz CT molecular complexity index is 1130. The lowest BCUT2D eigenvalue weighted by Gasteiger charge is -2.18. The number of thiazole rings is 1. The number of carbonyl (C=O) groups is 1. The lowest BCUT2D eigenvalue weighted by atomic mass is 10.1. The normalized spacial score (nSPS) is 13.7. The van der Waals surface area contributed by atoms with E-state index in [9.17, 15) is 4.79 Å². The highest BCUT2D eigenvalue weighted by atomic mass is 32.1. The predicted octanol–water partition coefficient (Wildman–Crippen LogP) is 3.36. The molecule has 1 amide bonds. The van der Waals surface area contributed by atoms with Gasteiger partial charge in [0.05, 0.1) is 11.9 Å². The van der Waals surface area contributed by atoms with Gasteiger partial charge in [-0.05, 0) is 35.9 Å². The first-order valence-electron chi connectivity index (χ1n) is 9.09. The van der Waals surface area contributed by atoms with E-state index >= 15 is 0 Å². The van der Waals surface area contributed by atoms with Crippen LogP contribution >= 0.6 is 11.3 Å². The minimum atomic E-state index is -0.0986. The molecule has 0 saturated carbocycles. The van der Waals surface area contributed by atoms with Crippen LogP contribution in [0.15, 0.2) is 57.9 Å². The molecule has 2 heterocycles. The second-order valence-corrected chi connectivity index (χ2v) is 7.18. The van der Waals surface area contributed by atoms with E-state index in [0.29, 0.717) is 13.2 Å². The molecule has 0 spiro atoms. The second kappa shape index (κ2) is 8.32. The van der Waals surface area contributed by atoms with Crippen molar-refractivity contribution in [2.75, 3.05) is 25.6 Å². The minimum Gasteiger partial charge on any atom is -0.486 e. The van der Waals surface area contributed by atoms with Crippen LogP contribution in [0.3, 0.4) is 0 Å². The number of carbonyl (C=O) groups excluding carboxylic acids is 1. The first kappa shape index (κ1) is 18.9. The van der Waals surface area contributed by atoms with Gasteiger partial charge in [0.2, 0.25) is 10.7 Å². The molecule has 0 atom stereocenters. The van der Waals surface area contributed by atoms with Gasteiger partial charge in [-0.15, -0.1) is 11.3 Å². The highest BCUT2D eigenvalue weighted by Gasteiger charge is 2.15. The molecule has 2 aromatic carbocycles. The van der Waals surface area contributed by atoms with Crippen molar-refractivity contribution >= 4 is 29.1 Å². The smallest absolute Gasteiger partial charge is 0.221 e. The van der Waals surface area contributed by atoms with Crippen LogP contribution in [0.25, 0.3) is 11.3 Å². The Hall–Kier alpha value is -3.39. The SMILES string of the molecule is CN=c1scc(-c2ccc3c(c2)OCCO3)n1N=Cc1ccc(NC(C)=O)cc1. The molecule has 0 saturated heterocycles. The summed E-state index contributed by atoms with van der Waals surface area (Å²) in [5.41, 5.74) is 3.55. The summed E-state index contributed by atoms with van der Waals surface area (Å²) < 4.78 is 13.1. The second-order valence-electron chi connectivity index (χ2n) is 6.35. The van der Waals surface area contributed by atoms with Crippen LogP contribution < -0.4 is 19.6 Å². The van der Waals surface area contributed by atoms with Crippen LogP contribution in [0.4, 0.5) is 5.69 Å². The number of amides is 1. The lowest BCUT2D eigenvalue weighted by Crippen LogP contribution is -2.15. The predicted molar refractivity (Wildman–Crippen MR) is 114 cm³/mol. The summed E-state index contributed by atoms with van der Waals surface area (Å²) in [4.78, 5) is 16.3. The Balaban J connectivity index is 1.65. The molecular weight excluding hydrogens is 388 g/mol. The van der Waals surface area contributed by atoms with Gasteiger partial charge in [-0.2, -0.15) is 5.10 Å². The molecule has 3 aromatic rings. The van der Waals surface area contributed by atoms with Crippen molar-refractivity contribution in [1.29, 1.82) is 0 Å². The van der Waals surface area contributed by atoms with Crippen molar-refractivity contribution in [3.8, 4) is 22.8 Å². The maximum atomic E-state index is 11.1. The summed E-state index contributed by atoms with van der Waals surface area (Å²) in [5, 5.41) is 9.41. The topological polar surface area (TPSA) is 77.2 Å². The van der Waals surface area contributed by atoms with E-state index in [2.05, 4.69) is 15.4 Å². The fourth-order valence-corrected chi connectivity index (χ4v) is 3.75. The van der Waals surface area contributed by atoms with Crippen molar-refractivity contribution in [2.45, 2.75) is 6.92 Å². The van der Waals surface area contributed by atoms with Gasteiger partial charge in [0.25, 0.3) is 0 Å². The largest absolute Gasteiger partial charge is 0.486 e. The standard InChI is InChI=1S/C21H20N4O3S/c1-14(26)24-17-6-3-15(4-7-17)12-23-25-18(13-29-21(25)22-2)16-5-8-19-20(11-16)28-10-9-27-19/h3-8,11-13H,9-10H2,1-2H3,(H,24,26). The van der Waals surface area contributed by atoms with Crippen LogP contribution in [-0.2, 0) is 4.79 Å². The summed E-state index contributed by atoms with van der Waals surface area (Å²) >= 11 is 1.52. The third-order valence-electron chi connectivity index (χ3n) is 4.27. The fourth-order valence-electron chi connectivity index (χ4n) is 2.94. The maximum absolute atomic E-state index is 11.1. The van der Waals surface area contributed by atoms with Crippen LogP contribution in [-0.4, -0.2) is 37.1 Å². The van der Waals surface area contributed by atoms with E-state index in [1.807, 2.05) is 47.8 Å². The van der Waals surface area contributed by atoms with Gasteiger partial charge in [-0.3, -0.25) is 9.79 Å². The molecule has 0 fully saturated rings. The fraction of sp³-hybridized carbons (Fsp3) is 0.190. The minimum absolute atomic E-state index is 0.0986. The third kappa shape index (κ3) is 4.22. The molecule has 1 aromatic heterocycles. The summed E-state index contributed by atoms with van der Waals surface area (Å²) in [7, 11) is 1.74. The Morgan fingerprint density at radius 2 is 1.90 bits per heavy atom. The Labute approximate surface area is 171 Å². The van der Waals surface area contributed by atoms with E-state index in [-0.39, 0.29) is 5.91 Å². The zero-order valence-corrected chi connectivity index (χ0v) is 16.9. The van der Waals surface area contributed by atoms with Gasteiger partial charge in [0.15, 0.2) is 11.5 Å². The van der Waals surface area contributed by atoms with Gasteiger partial charge in [-0.1, -0.05) is 12.1 Å². The number of benzene rings is 2. The first-order valence-corrected chi connectivity index (χ1v) is 9.97. The van der Waals surface area contributed by atoms with Gasteiger partial charge in [-0.25, -0.2) is 4.68 Å². The number of anilines is 1. The third-order valence-corrected chi connectivity index (χ3v) is 5.18. The van der Waals surface area contributed by atoms with E-state index in [0.717, 1.165) is 38.8 Å². The molecule has 0 bridgehead atoms. The quantitative estimate of drug-likeness (QED) is 0.673. The van der Waals surface area contributed by atoms with E-state index in [1.165, 1.54) is 18.3 Å². The van der Waals surface area contributed by atoms with E-state index < -0.39 is 0 Å². The first-order chi connectivity index (χ1) is 14.1. The molecule has 8 heteroatoms.